The first-order valence-electron chi connectivity index (χ1n) is 4.35. The van der Waals surface area contributed by atoms with Gasteiger partial charge in [-0.3, -0.25) is 0 Å². The summed E-state index contributed by atoms with van der Waals surface area (Å²) in [7, 11) is 0. The molecule has 0 saturated carbocycles. The molecule has 2 aromatic rings. The van der Waals surface area contributed by atoms with Crippen molar-refractivity contribution in [2.24, 2.45) is 0 Å². The van der Waals surface area contributed by atoms with Crippen molar-refractivity contribution in [2.75, 3.05) is 0 Å². The largest absolute Gasteiger partial charge is 0.244 e. The maximum Gasteiger partial charge on any atom is 0.136 e. The highest BCUT2D eigenvalue weighted by Gasteiger charge is 2.09. The van der Waals surface area contributed by atoms with E-state index in [4.69, 9.17) is 46.4 Å². The molecule has 2 rings (SSSR count). The molecule has 16 heavy (non-hydrogen) atoms. The van der Waals surface area contributed by atoms with Crippen LogP contribution >= 0.6 is 46.4 Å². The molecule has 0 bridgehead atoms. The summed E-state index contributed by atoms with van der Waals surface area (Å²) in [5.74, 6) is 0. The highest BCUT2D eigenvalue weighted by atomic mass is 35.5. The SMILES string of the molecule is Clc1cc(-c2cccnc2Cl)cc(Cl)c1Cl. The number of pyridine rings is 1. The Morgan fingerprint density at radius 1 is 0.938 bits per heavy atom. The van der Waals surface area contributed by atoms with Crippen molar-refractivity contribution in [3.05, 3.63) is 50.7 Å². The summed E-state index contributed by atoms with van der Waals surface area (Å²) in [6.07, 6.45) is 1.62. The lowest BCUT2D eigenvalue weighted by Crippen LogP contribution is -1.83. The first-order chi connectivity index (χ1) is 7.59. The second kappa shape index (κ2) is 4.80. The van der Waals surface area contributed by atoms with Crippen LogP contribution in [0.2, 0.25) is 20.2 Å². The predicted molar refractivity (Wildman–Crippen MR) is 69.7 cm³/mol. The van der Waals surface area contributed by atoms with E-state index in [1.807, 2.05) is 6.07 Å². The van der Waals surface area contributed by atoms with Gasteiger partial charge in [-0.25, -0.2) is 4.98 Å². The first-order valence-corrected chi connectivity index (χ1v) is 5.86. The standard InChI is InChI=1S/C11H5Cl4N/c12-8-4-6(5-9(13)10(8)14)7-2-1-3-16-11(7)15/h1-5H. The molecule has 5 heteroatoms. The van der Waals surface area contributed by atoms with E-state index in [0.29, 0.717) is 20.2 Å². The van der Waals surface area contributed by atoms with Crippen molar-refractivity contribution in [2.45, 2.75) is 0 Å². The van der Waals surface area contributed by atoms with E-state index < -0.39 is 0 Å². The zero-order valence-corrected chi connectivity index (χ0v) is 10.9. The van der Waals surface area contributed by atoms with Crippen molar-refractivity contribution in [3.8, 4) is 11.1 Å². The average Bonchev–Trinajstić information content (AvgIpc) is 2.26. The summed E-state index contributed by atoms with van der Waals surface area (Å²) in [4.78, 5) is 3.98. The molecule has 0 aliphatic rings. The van der Waals surface area contributed by atoms with E-state index in [9.17, 15) is 0 Å². The third-order valence-corrected chi connectivity index (χ3v) is 3.55. The van der Waals surface area contributed by atoms with Gasteiger partial charge in [-0.05, 0) is 29.8 Å². The van der Waals surface area contributed by atoms with E-state index in [1.54, 1.807) is 24.4 Å². The molecule has 1 aromatic heterocycles. The normalized spacial score (nSPS) is 10.5. The lowest BCUT2D eigenvalue weighted by molar-refractivity contribution is 1.33. The van der Waals surface area contributed by atoms with Gasteiger partial charge in [-0.2, -0.15) is 0 Å². The van der Waals surface area contributed by atoms with Crippen LogP contribution in [-0.2, 0) is 0 Å². The van der Waals surface area contributed by atoms with Crippen LogP contribution in [0.5, 0.6) is 0 Å². The summed E-state index contributed by atoms with van der Waals surface area (Å²) in [5.41, 5.74) is 1.56. The van der Waals surface area contributed by atoms with Gasteiger partial charge in [0.05, 0.1) is 15.1 Å². The van der Waals surface area contributed by atoms with Crippen LogP contribution in [0.15, 0.2) is 30.5 Å². The molecule has 1 aromatic carbocycles. The van der Waals surface area contributed by atoms with Crippen LogP contribution < -0.4 is 0 Å². The molecule has 0 spiro atoms. The molecule has 0 N–H and O–H groups in total. The minimum absolute atomic E-state index is 0.340. The third kappa shape index (κ3) is 2.28. The Morgan fingerprint density at radius 2 is 1.56 bits per heavy atom. The molecule has 0 amide bonds. The molecule has 0 unspecified atom stereocenters. The highest BCUT2D eigenvalue weighted by molar-refractivity contribution is 6.48. The van der Waals surface area contributed by atoms with Crippen molar-refractivity contribution in [3.63, 3.8) is 0 Å². The minimum atomic E-state index is 0.340. The van der Waals surface area contributed by atoms with E-state index in [1.165, 1.54) is 0 Å². The van der Waals surface area contributed by atoms with Crippen molar-refractivity contribution in [1.82, 2.24) is 4.98 Å². The van der Waals surface area contributed by atoms with Gasteiger partial charge in [0.1, 0.15) is 5.15 Å². The number of rotatable bonds is 1. The summed E-state index contributed by atoms with van der Waals surface area (Å²) in [5, 5.41) is 1.53. The smallest absolute Gasteiger partial charge is 0.136 e. The van der Waals surface area contributed by atoms with Crippen LogP contribution in [0, 0.1) is 0 Å². The Bertz CT molecular complexity index is 516. The first kappa shape index (κ1) is 12.0. The fourth-order valence-electron chi connectivity index (χ4n) is 1.31. The predicted octanol–water partition coefficient (Wildman–Crippen LogP) is 5.36. The second-order valence-corrected chi connectivity index (χ2v) is 4.65. The lowest BCUT2D eigenvalue weighted by Gasteiger charge is -2.06. The number of aromatic nitrogens is 1. The summed E-state index contributed by atoms with van der Waals surface area (Å²) >= 11 is 23.7. The van der Waals surface area contributed by atoms with Crippen LogP contribution in [0.1, 0.15) is 0 Å². The number of hydrogen-bond acceptors (Lipinski definition) is 1. The van der Waals surface area contributed by atoms with Gasteiger partial charge in [0.2, 0.25) is 0 Å². The topological polar surface area (TPSA) is 12.9 Å². The van der Waals surface area contributed by atoms with Gasteiger partial charge < -0.3 is 0 Å². The number of hydrogen-bond donors (Lipinski definition) is 0. The molecule has 1 nitrogen and oxygen atoms in total. The molecule has 1 heterocycles. The fraction of sp³-hybridized carbons (Fsp3) is 0. The van der Waals surface area contributed by atoms with Gasteiger partial charge in [0.15, 0.2) is 0 Å². The highest BCUT2D eigenvalue weighted by Crippen LogP contribution is 2.36. The summed E-state index contributed by atoms with van der Waals surface area (Å²) in [6.45, 7) is 0. The van der Waals surface area contributed by atoms with Gasteiger partial charge in [-0.1, -0.05) is 46.4 Å². The molecule has 82 valence electrons. The zero-order valence-electron chi connectivity index (χ0n) is 7.85. The number of benzene rings is 1. The van der Waals surface area contributed by atoms with Crippen LogP contribution in [-0.4, -0.2) is 4.98 Å². The number of nitrogens with zero attached hydrogens (tertiary/aromatic N) is 1. The van der Waals surface area contributed by atoms with Crippen molar-refractivity contribution < 1.29 is 0 Å². The van der Waals surface area contributed by atoms with E-state index >= 15 is 0 Å². The summed E-state index contributed by atoms with van der Waals surface area (Å²) in [6, 6.07) is 7.04. The molecule has 0 aliphatic heterocycles. The minimum Gasteiger partial charge on any atom is -0.244 e. The Kier molecular flexibility index (Phi) is 3.60. The molecule has 0 aliphatic carbocycles. The van der Waals surface area contributed by atoms with Crippen molar-refractivity contribution >= 4 is 46.4 Å². The Labute approximate surface area is 113 Å². The van der Waals surface area contributed by atoms with E-state index in [0.717, 1.165) is 11.1 Å². The monoisotopic (exact) mass is 291 g/mol. The van der Waals surface area contributed by atoms with Gasteiger partial charge in [0, 0.05) is 11.8 Å². The van der Waals surface area contributed by atoms with Crippen molar-refractivity contribution in [1.29, 1.82) is 0 Å². The van der Waals surface area contributed by atoms with Gasteiger partial charge in [-0.15, -0.1) is 0 Å². The molecular weight excluding hydrogens is 288 g/mol. The maximum absolute atomic E-state index is 5.97. The Morgan fingerprint density at radius 3 is 2.12 bits per heavy atom. The fourth-order valence-corrected chi connectivity index (χ4v) is 2.14. The van der Waals surface area contributed by atoms with Gasteiger partial charge >= 0.3 is 0 Å². The van der Waals surface area contributed by atoms with Crippen LogP contribution in [0.25, 0.3) is 11.1 Å². The molecule has 0 atom stereocenters. The average molecular weight is 293 g/mol. The van der Waals surface area contributed by atoms with Crippen LogP contribution in [0.3, 0.4) is 0 Å². The molecule has 0 saturated heterocycles. The van der Waals surface area contributed by atoms with E-state index in [2.05, 4.69) is 4.98 Å². The molecule has 0 radical (unpaired) electrons. The summed E-state index contributed by atoms with van der Waals surface area (Å²) < 4.78 is 0. The maximum atomic E-state index is 5.97. The lowest BCUT2D eigenvalue weighted by atomic mass is 10.1. The van der Waals surface area contributed by atoms with E-state index in [-0.39, 0.29) is 0 Å². The Balaban J connectivity index is 2.62. The Hall–Kier alpha value is -0.470. The third-order valence-electron chi connectivity index (χ3n) is 2.05. The number of halogens is 4. The second-order valence-electron chi connectivity index (χ2n) is 3.10. The van der Waals surface area contributed by atoms with Gasteiger partial charge in [0.25, 0.3) is 0 Å². The molecular formula is C11H5Cl4N. The quantitative estimate of drug-likeness (QED) is 0.509. The zero-order chi connectivity index (χ0) is 11.7. The van der Waals surface area contributed by atoms with Crippen LogP contribution in [0.4, 0.5) is 0 Å². The molecule has 0 fully saturated rings.